The van der Waals surface area contributed by atoms with Gasteiger partial charge in [-0.05, 0) is 42.1 Å². The van der Waals surface area contributed by atoms with Crippen molar-refractivity contribution in [2.45, 2.75) is 11.8 Å². The molecule has 3 aromatic rings. The van der Waals surface area contributed by atoms with Crippen LogP contribution in [0.2, 0.25) is 10.0 Å². The van der Waals surface area contributed by atoms with Gasteiger partial charge in [0.15, 0.2) is 0 Å². The maximum atomic E-state index is 12.1. The normalized spacial score (nSPS) is 10.8. The highest BCUT2D eigenvalue weighted by Crippen LogP contribution is 2.33. The molecule has 3 rings (SSSR count). The smallest absolute Gasteiger partial charge is 0.321 e. The average Bonchev–Trinajstić information content (AvgIpc) is 2.56. The maximum absolute atomic E-state index is 12.1. The molecule has 0 fully saturated rings. The first-order chi connectivity index (χ1) is 11.5. The number of aryl methyl sites for hydroxylation is 1. The van der Waals surface area contributed by atoms with Gasteiger partial charge in [-0.2, -0.15) is 0 Å². The third kappa shape index (κ3) is 3.86. The van der Waals surface area contributed by atoms with E-state index in [1.807, 2.05) is 49.4 Å². The van der Waals surface area contributed by atoms with Crippen molar-refractivity contribution in [3.05, 3.63) is 70.2 Å². The third-order valence-corrected chi connectivity index (χ3v) is 5.13. The quantitative estimate of drug-likeness (QED) is 0.310. The van der Waals surface area contributed by atoms with Gasteiger partial charge in [-0.15, -0.1) is 11.8 Å². The lowest BCUT2D eigenvalue weighted by Gasteiger charge is -2.09. The molecule has 0 atom stereocenters. The summed E-state index contributed by atoms with van der Waals surface area (Å²) in [5.74, 6) is 0.212. The van der Waals surface area contributed by atoms with Crippen molar-refractivity contribution in [2.24, 2.45) is 0 Å². The molecule has 0 radical (unpaired) electrons. The van der Waals surface area contributed by atoms with E-state index in [0.717, 1.165) is 21.2 Å². The number of hydrogen-bond donors (Lipinski definition) is 0. The Hall–Kier alpha value is -1.68. The van der Waals surface area contributed by atoms with Crippen LogP contribution in [0.5, 0.6) is 5.75 Å². The molecule has 0 spiro atoms. The Morgan fingerprint density at radius 2 is 1.79 bits per heavy atom. The van der Waals surface area contributed by atoms with Gasteiger partial charge in [-0.1, -0.05) is 53.5 Å². The maximum Gasteiger partial charge on any atom is 0.321 e. The first-order valence-electron chi connectivity index (χ1n) is 7.31. The molecule has 2 nitrogen and oxygen atoms in total. The summed E-state index contributed by atoms with van der Waals surface area (Å²) in [5.41, 5.74) is 0.982. The number of fused-ring (bicyclic) bond motifs is 1. The van der Waals surface area contributed by atoms with E-state index in [-0.39, 0.29) is 11.7 Å². The molecular formula is C19H14Cl2O2S. The summed E-state index contributed by atoms with van der Waals surface area (Å²) in [6.07, 6.45) is 0. The van der Waals surface area contributed by atoms with E-state index >= 15 is 0 Å². The standard InChI is InChI=1S/C19H14Cl2O2S/c1-12-8-9-14(20)16(10-12)23-18(22)11-24-17-7-3-5-13-4-2-6-15(21)19(13)17/h2-10H,11H2,1H3. The monoisotopic (exact) mass is 376 g/mol. The van der Waals surface area contributed by atoms with Crippen LogP contribution in [-0.2, 0) is 4.79 Å². The van der Waals surface area contributed by atoms with E-state index in [9.17, 15) is 4.79 Å². The van der Waals surface area contributed by atoms with Crippen molar-refractivity contribution in [1.29, 1.82) is 0 Å². The Morgan fingerprint density at radius 1 is 1.04 bits per heavy atom. The van der Waals surface area contributed by atoms with Gasteiger partial charge in [0.05, 0.1) is 10.8 Å². The molecule has 0 N–H and O–H groups in total. The Balaban J connectivity index is 1.74. The van der Waals surface area contributed by atoms with Gasteiger partial charge in [0.2, 0.25) is 0 Å². The molecule has 0 aliphatic rings. The average molecular weight is 377 g/mol. The van der Waals surface area contributed by atoms with Crippen molar-refractivity contribution < 1.29 is 9.53 Å². The van der Waals surface area contributed by atoms with Crippen LogP contribution in [0, 0.1) is 6.92 Å². The molecule has 0 aromatic heterocycles. The number of thioether (sulfide) groups is 1. The third-order valence-electron chi connectivity index (χ3n) is 3.47. The van der Waals surface area contributed by atoms with E-state index in [1.165, 1.54) is 11.8 Å². The van der Waals surface area contributed by atoms with Crippen molar-refractivity contribution in [3.8, 4) is 5.75 Å². The lowest BCUT2D eigenvalue weighted by molar-refractivity contribution is -0.131. The summed E-state index contributed by atoms with van der Waals surface area (Å²) >= 11 is 13.8. The van der Waals surface area contributed by atoms with Crippen LogP contribution in [-0.4, -0.2) is 11.7 Å². The largest absolute Gasteiger partial charge is 0.424 e. The molecule has 3 aromatic carbocycles. The Bertz CT molecular complexity index is 904. The number of rotatable bonds is 4. The molecule has 0 saturated carbocycles. The lowest BCUT2D eigenvalue weighted by atomic mass is 10.1. The van der Waals surface area contributed by atoms with E-state index in [2.05, 4.69) is 0 Å². The van der Waals surface area contributed by atoms with E-state index < -0.39 is 0 Å². The van der Waals surface area contributed by atoms with Crippen LogP contribution < -0.4 is 4.74 Å². The zero-order chi connectivity index (χ0) is 17.1. The molecular weight excluding hydrogens is 363 g/mol. The van der Waals surface area contributed by atoms with Crippen molar-refractivity contribution in [3.63, 3.8) is 0 Å². The second-order valence-corrected chi connectivity index (χ2v) is 7.12. The molecule has 0 unspecified atom stereocenters. The minimum absolute atomic E-state index is 0.175. The fourth-order valence-corrected chi connectivity index (χ4v) is 3.74. The SMILES string of the molecule is Cc1ccc(Cl)c(OC(=O)CSc2cccc3cccc(Cl)c23)c1. The van der Waals surface area contributed by atoms with Crippen LogP contribution in [0.4, 0.5) is 0 Å². The number of carbonyl (C=O) groups excluding carboxylic acids is 1. The number of carbonyl (C=O) groups is 1. The van der Waals surface area contributed by atoms with Crippen LogP contribution in [0.15, 0.2) is 59.5 Å². The molecule has 0 saturated heterocycles. The second kappa shape index (κ2) is 7.47. The summed E-state index contributed by atoms with van der Waals surface area (Å²) in [6, 6.07) is 17.0. The zero-order valence-corrected chi connectivity index (χ0v) is 15.2. The predicted octanol–water partition coefficient (Wildman–Crippen LogP) is 6.15. The second-order valence-electron chi connectivity index (χ2n) is 5.29. The van der Waals surface area contributed by atoms with Crippen molar-refractivity contribution in [2.75, 3.05) is 5.75 Å². The van der Waals surface area contributed by atoms with Gasteiger partial charge >= 0.3 is 5.97 Å². The summed E-state index contributed by atoms with van der Waals surface area (Å²) < 4.78 is 5.37. The van der Waals surface area contributed by atoms with Crippen molar-refractivity contribution >= 4 is 51.7 Å². The van der Waals surface area contributed by atoms with Crippen LogP contribution >= 0.6 is 35.0 Å². The molecule has 0 bridgehead atoms. The summed E-state index contributed by atoms with van der Waals surface area (Å²) in [5, 5.41) is 3.09. The summed E-state index contributed by atoms with van der Waals surface area (Å²) in [6.45, 7) is 1.92. The topological polar surface area (TPSA) is 26.3 Å². The number of hydrogen-bond acceptors (Lipinski definition) is 3. The van der Waals surface area contributed by atoms with Gasteiger partial charge in [0.1, 0.15) is 5.75 Å². The van der Waals surface area contributed by atoms with Gasteiger partial charge in [0, 0.05) is 15.3 Å². The lowest BCUT2D eigenvalue weighted by Crippen LogP contribution is -2.11. The Labute approximate surface area is 154 Å². The van der Waals surface area contributed by atoms with Crippen LogP contribution in [0.3, 0.4) is 0 Å². The number of ether oxygens (including phenoxy) is 1. The first kappa shape index (κ1) is 17.2. The molecule has 0 heterocycles. The summed E-state index contributed by atoms with van der Waals surface area (Å²) in [7, 11) is 0. The van der Waals surface area contributed by atoms with Crippen molar-refractivity contribution in [1.82, 2.24) is 0 Å². The fourth-order valence-electron chi connectivity index (χ4n) is 2.36. The molecule has 0 aliphatic carbocycles. The number of benzene rings is 3. The molecule has 0 aliphatic heterocycles. The van der Waals surface area contributed by atoms with Gasteiger partial charge < -0.3 is 4.74 Å². The Kier molecular flexibility index (Phi) is 5.34. The molecule has 0 amide bonds. The minimum atomic E-state index is -0.350. The van der Waals surface area contributed by atoms with E-state index in [0.29, 0.717) is 15.8 Å². The van der Waals surface area contributed by atoms with Crippen LogP contribution in [0.1, 0.15) is 5.56 Å². The fraction of sp³-hybridized carbons (Fsp3) is 0.105. The van der Waals surface area contributed by atoms with Crippen LogP contribution in [0.25, 0.3) is 10.8 Å². The van der Waals surface area contributed by atoms with Gasteiger partial charge in [-0.3, -0.25) is 4.79 Å². The molecule has 5 heteroatoms. The van der Waals surface area contributed by atoms with Gasteiger partial charge in [-0.25, -0.2) is 0 Å². The Morgan fingerprint density at radius 3 is 2.58 bits per heavy atom. The summed E-state index contributed by atoms with van der Waals surface area (Å²) in [4.78, 5) is 13.1. The van der Waals surface area contributed by atoms with Gasteiger partial charge in [0.25, 0.3) is 0 Å². The predicted molar refractivity (Wildman–Crippen MR) is 102 cm³/mol. The molecule has 122 valence electrons. The highest BCUT2D eigenvalue weighted by Gasteiger charge is 2.12. The van der Waals surface area contributed by atoms with E-state index in [1.54, 1.807) is 12.1 Å². The highest BCUT2D eigenvalue weighted by molar-refractivity contribution is 8.00. The van der Waals surface area contributed by atoms with E-state index in [4.69, 9.17) is 27.9 Å². The number of halogens is 2. The zero-order valence-electron chi connectivity index (χ0n) is 12.9. The highest BCUT2D eigenvalue weighted by atomic mass is 35.5. The first-order valence-corrected chi connectivity index (χ1v) is 9.05. The number of esters is 1. The molecule has 24 heavy (non-hydrogen) atoms. The minimum Gasteiger partial charge on any atom is -0.424 e.